The fourth-order valence-electron chi connectivity index (χ4n) is 1.01. The molecule has 1 aromatic carbocycles. The van der Waals surface area contributed by atoms with Crippen LogP contribution in [0.2, 0.25) is 0 Å². The van der Waals surface area contributed by atoms with Crippen molar-refractivity contribution in [3.05, 3.63) is 23.8 Å². The van der Waals surface area contributed by atoms with E-state index in [1.54, 1.807) is 12.1 Å². The monoisotopic (exact) mass is 186 g/mol. The molecular weight excluding hydrogens is 174 g/mol. The largest absolute Gasteiger partial charge is 0.397 e. The third kappa shape index (κ3) is 2.89. The summed E-state index contributed by atoms with van der Waals surface area (Å²) >= 11 is 0. The Morgan fingerprint density at radius 2 is 2.15 bits per heavy atom. The van der Waals surface area contributed by atoms with Crippen LogP contribution in [0.15, 0.2) is 18.2 Å². The minimum atomic E-state index is -2.36. The van der Waals surface area contributed by atoms with Crippen molar-refractivity contribution in [1.29, 1.82) is 0 Å². The Bertz CT molecular complexity index is 287. The van der Waals surface area contributed by atoms with Gasteiger partial charge in [0, 0.05) is 0 Å². The highest BCUT2D eigenvalue weighted by Gasteiger charge is 2.03. The van der Waals surface area contributed by atoms with E-state index in [1.807, 2.05) is 13.0 Å². The Morgan fingerprint density at radius 1 is 1.46 bits per heavy atom. The van der Waals surface area contributed by atoms with E-state index >= 15 is 0 Å². The average Bonchev–Trinajstić information content (AvgIpc) is 2.06. The molecule has 13 heavy (non-hydrogen) atoms. The van der Waals surface area contributed by atoms with Crippen LogP contribution in [0.1, 0.15) is 5.56 Å². The van der Waals surface area contributed by atoms with Gasteiger partial charge in [-0.15, -0.1) is 0 Å². The summed E-state index contributed by atoms with van der Waals surface area (Å²) in [6.45, 7) is 1.51. The van der Waals surface area contributed by atoms with Gasteiger partial charge in [-0.1, -0.05) is 6.07 Å². The van der Waals surface area contributed by atoms with Gasteiger partial charge < -0.3 is 11.1 Å². The molecule has 0 unspecified atom stereocenters. The predicted octanol–water partition coefficient (Wildman–Crippen LogP) is 2.25. The Labute approximate surface area is 75.7 Å². The van der Waals surface area contributed by atoms with Crippen LogP contribution in [0.5, 0.6) is 0 Å². The highest BCUT2D eigenvalue weighted by molar-refractivity contribution is 5.66. The molecule has 0 radical (unpaired) electrons. The van der Waals surface area contributed by atoms with Crippen molar-refractivity contribution in [3.8, 4) is 0 Å². The molecule has 0 bridgehead atoms. The smallest absolute Gasteiger partial charge is 0.255 e. The third-order valence-electron chi connectivity index (χ3n) is 1.66. The molecule has 0 atom stereocenters. The molecule has 72 valence electrons. The van der Waals surface area contributed by atoms with Crippen LogP contribution in [0.3, 0.4) is 0 Å². The second kappa shape index (κ2) is 4.07. The third-order valence-corrected chi connectivity index (χ3v) is 1.66. The number of nitrogens with one attached hydrogen (secondary N) is 1. The Balaban J connectivity index is 2.70. The van der Waals surface area contributed by atoms with Gasteiger partial charge in [0.1, 0.15) is 0 Å². The first-order valence-electron chi connectivity index (χ1n) is 3.97. The van der Waals surface area contributed by atoms with E-state index in [0.717, 1.165) is 5.56 Å². The summed E-state index contributed by atoms with van der Waals surface area (Å²) in [5.74, 6) is 0. The minimum absolute atomic E-state index is 0.367. The van der Waals surface area contributed by atoms with Gasteiger partial charge in [0.2, 0.25) is 0 Å². The summed E-state index contributed by atoms with van der Waals surface area (Å²) in [5, 5.41) is 2.58. The van der Waals surface area contributed by atoms with E-state index in [1.165, 1.54) is 0 Å². The molecule has 0 aliphatic rings. The van der Waals surface area contributed by atoms with Gasteiger partial charge in [0.25, 0.3) is 6.43 Å². The Morgan fingerprint density at radius 3 is 2.77 bits per heavy atom. The lowest BCUT2D eigenvalue weighted by molar-refractivity contribution is 0.163. The lowest BCUT2D eigenvalue weighted by Gasteiger charge is -2.09. The summed E-state index contributed by atoms with van der Waals surface area (Å²) in [6.07, 6.45) is -2.36. The van der Waals surface area contributed by atoms with Crippen molar-refractivity contribution in [2.75, 3.05) is 17.6 Å². The first-order valence-corrected chi connectivity index (χ1v) is 3.97. The van der Waals surface area contributed by atoms with E-state index in [4.69, 9.17) is 5.73 Å². The molecule has 0 heterocycles. The van der Waals surface area contributed by atoms with E-state index in [-0.39, 0.29) is 6.54 Å². The van der Waals surface area contributed by atoms with Crippen LogP contribution in [-0.2, 0) is 0 Å². The normalized spacial score (nSPS) is 10.5. The van der Waals surface area contributed by atoms with E-state index in [2.05, 4.69) is 5.32 Å². The predicted molar refractivity (Wildman–Crippen MR) is 50.1 cm³/mol. The number of hydrogen-bond donors (Lipinski definition) is 2. The van der Waals surface area contributed by atoms with Gasteiger partial charge >= 0.3 is 0 Å². The Hall–Kier alpha value is -1.32. The molecule has 2 nitrogen and oxygen atoms in total. The fourth-order valence-corrected chi connectivity index (χ4v) is 1.01. The minimum Gasteiger partial charge on any atom is -0.397 e. The summed E-state index contributed by atoms with van der Waals surface area (Å²) in [4.78, 5) is 0. The summed E-state index contributed by atoms with van der Waals surface area (Å²) in [6, 6.07) is 5.28. The number of anilines is 2. The molecule has 1 rings (SSSR count). The van der Waals surface area contributed by atoms with Gasteiger partial charge in [-0.2, -0.15) is 0 Å². The number of aryl methyl sites for hydroxylation is 1. The van der Waals surface area contributed by atoms with Gasteiger partial charge in [-0.25, -0.2) is 8.78 Å². The summed E-state index contributed by atoms with van der Waals surface area (Å²) < 4.78 is 23.7. The van der Waals surface area contributed by atoms with Gasteiger partial charge in [-0.05, 0) is 24.6 Å². The highest BCUT2D eigenvalue weighted by atomic mass is 19.3. The number of nitrogen functional groups attached to an aromatic ring is 1. The Kier molecular flexibility index (Phi) is 3.06. The fraction of sp³-hybridized carbons (Fsp3) is 0.333. The van der Waals surface area contributed by atoms with Crippen molar-refractivity contribution in [3.63, 3.8) is 0 Å². The van der Waals surface area contributed by atoms with Crippen LogP contribution in [-0.4, -0.2) is 13.0 Å². The maximum atomic E-state index is 11.8. The average molecular weight is 186 g/mol. The van der Waals surface area contributed by atoms with E-state index in [9.17, 15) is 8.78 Å². The molecule has 0 aliphatic carbocycles. The number of hydrogen-bond acceptors (Lipinski definition) is 2. The lowest BCUT2D eigenvalue weighted by atomic mass is 10.2. The van der Waals surface area contributed by atoms with Crippen molar-refractivity contribution in [2.45, 2.75) is 13.3 Å². The number of benzene rings is 1. The molecule has 0 saturated heterocycles. The van der Waals surface area contributed by atoms with Crippen molar-refractivity contribution >= 4 is 11.4 Å². The van der Waals surface area contributed by atoms with Crippen LogP contribution in [0.25, 0.3) is 0 Å². The molecule has 0 fully saturated rings. The zero-order valence-electron chi connectivity index (χ0n) is 7.35. The van der Waals surface area contributed by atoms with Crippen LogP contribution < -0.4 is 11.1 Å². The van der Waals surface area contributed by atoms with Crippen LogP contribution >= 0.6 is 0 Å². The zero-order valence-corrected chi connectivity index (χ0v) is 7.35. The van der Waals surface area contributed by atoms with Crippen molar-refractivity contribution in [1.82, 2.24) is 0 Å². The maximum absolute atomic E-state index is 11.8. The molecule has 4 heteroatoms. The molecular formula is C9H12F2N2. The summed E-state index contributed by atoms with van der Waals surface area (Å²) in [5.41, 5.74) is 7.62. The second-order valence-electron chi connectivity index (χ2n) is 2.86. The molecule has 0 aromatic heterocycles. The van der Waals surface area contributed by atoms with Crippen LogP contribution in [0.4, 0.5) is 20.2 Å². The lowest BCUT2D eigenvalue weighted by Crippen LogP contribution is -2.11. The van der Waals surface area contributed by atoms with Gasteiger partial charge in [0.15, 0.2) is 0 Å². The van der Waals surface area contributed by atoms with E-state index in [0.29, 0.717) is 11.4 Å². The molecule has 0 aliphatic heterocycles. The van der Waals surface area contributed by atoms with Crippen molar-refractivity contribution in [2.24, 2.45) is 0 Å². The van der Waals surface area contributed by atoms with E-state index < -0.39 is 6.43 Å². The number of rotatable bonds is 3. The maximum Gasteiger partial charge on any atom is 0.255 e. The SMILES string of the molecule is Cc1ccc(N)c(NCC(F)F)c1. The van der Waals surface area contributed by atoms with Crippen molar-refractivity contribution < 1.29 is 8.78 Å². The number of alkyl halides is 2. The molecule has 0 saturated carbocycles. The number of nitrogens with two attached hydrogens (primary N) is 1. The first kappa shape index (κ1) is 9.77. The molecule has 1 aromatic rings. The number of halogens is 2. The highest BCUT2D eigenvalue weighted by Crippen LogP contribution is 2.19. The standard InChI is InChI=1S/C9H12F2N2/c1-6-2-3-7(12)8(4-6)13-5-9(10)11/h2-4,9,13H,5,12H2,1H3. The van der Waals surface area contributed by atoms with Gasteiger partial charge in [0.05, 0.1) is 17.9 Å². The first-order chi connectivity index (χ1) is 6.09. The van der Waals surface area contributed by atoms with Crippen LogP contribution in [0, 0.1) is 6.92 Å². The summed E-state index contributed by atoms with van der Waals surface area (Å²) in [7, 11) is 0. The molecule has 0 amide bonds. The quantitative estimate of drug-likeness (QED) is 0.710. The topological polar surface area (TPSA) is 38.0 Å². The second-order valence-corrected chi connectivity index (χ2v) is 2.86. The van der Waals surface area contributed by atoms with Gasteiger partial charge in [-0.3, -0.25) is 0 Å². The zero-order chi connectivity index (χ0) is 9.84. The molecule has 0 spiro atoms. The molecule has 3 N–H and O–H groups in total.